The van der Waals surface area contributed by atoms with Crippen LogP contribution in [-0.2, 0) is 11.2 Å². The Morgan fingerprint density at radius 3 is 2.55 bits per heavy atom. The first-order valence-electron chi connectivity index (χ1n) is 16.7. The van der Waals surface area contributed by atoms with E-state index < -0.39 is 12.1 Å². The van der Waals surface area contributed by atoms with Crippen molar-refractivity contribution in [3.63, 3.8) is 0 Å². The van der Waals surface area contributed by atoms with Crippen LogP contribution < -0.4 is 14.8 Å². The molecule has 0 saturated carbocycles. The second-order valence-corrected chi connectivity index (χ2v) is 12.8. The molecule has 2 aromatic heterocycles. The van der Waals surface area contributed by atoms with Gasteiger partial charge in [-0.2, -0.15) is 0 Å². The molecule has 2 N–H and O–H groups in total. The smallest absolute Gasteiger partial charge is 0.416 e. The third-order valence-electron chi connectivity index (χ3n) is 8.84. The van der Waals surface area contributed by atoms with Crippen molar-refractivity contribution in [2.75, 3.05) is 19.7 Å². The summed E-state index contributed by atoms with van der Waals surface area (Å²) >= 11 is 6.38. The SMILES string of the molecule is CCC(C)OC(CCOc1ccc(C2c3[nH]c4ccc(Cl)cc4c3CCN2C(=O)Oc2ccc(C)cc2)cc1)CNC(=O)c1ccccn1. The first-order chi connectivity index (χ1) is 23.8. The first kappa shape index (κ1) is 34.0. The van der Waals surface area contributed by atoms with Crippen LogP contribution in [0, 0.1) is 6.92 Å². The molecule has 0 radical (unpaired) electrons. The van der Waals surface area contributed by atoms with Crippen LogP contribution in [0.15, 0.2) is 91.1 Å². The van der Waals surface area contributed by atoms with Crippen LogP contribution in [0.25, 0.3) is 10.9 Å². The molecule has 3 aromatic carbocycles. The highest BCUT2D eigenvalue weighted by Crippen LogP contribution is 2.40. The molecule has 0 bridgehead atoms. The van der Waals surface area contributed by atoms with Crippen molar-refractivity contribution in [3.05, 3.63) is 124 Å². The Bertz CT molecular complexity index is 1880. The van der Waals surface area contributed by atoms with Crippen LogP contribution in [0.2, 0.25) is 5.02 Å². The average Bonchev–Trinajstić information content (AvgIpc) is 3.49. The number of amides is 2. The molecule has 1 aliphatic rings. The quantitative estimate of drug-likeness (QED) is 0.138. The van der Waals surface area contributed by atoms with Crippen LogP contribution in [0.4, 0.5) is 4.79 Å². The molecule has 3 heterocycles. The van der Waals surface area contributed by atoms with Gasteiger partial charge < -0.3 is 24.5 Å². The molecule has 10 heteroatoms. The second kappa shape index (κ2) is 15.6. The fourth-order valence-corrected chi connectivity index (χ4v) is 6.23. The van der Waals surface area contributed by atoms with Crippen molar-refractivity contribution in [1.29, 1.82) is 0 Å². The van der Waals surface area contributed by atoms with Gasteiger partial charge >= 0.3 is 6.09 Å². The number of hydrogen-bond acceptors (Lipinski definition) is 6. The average molecular weight is 681 g/mol. The van der Waals surface area contributed by atoms with Crippen LogP contribution >= 0.6 is 11.6 Å². The number of fused-ring (bicyclic) bond motifs is 3. The van der Waals surface area contributed by atoms with Gasteiger partial charge in [0.25, 0.3) is 5.91 Å². The maximum Gasteiger partial charge on any atom is 0.416 e. The molecule has 0 aliphatic carbocycles. The van der Waals surface area contributed by atoms with Gasteiger partial charge in [-0.15, -0.1) is 0 Å². The molecule has 49 heavy (non-hydrogen) atoms. The molecule has 0 spiro atoms. The Labute approximate surface area is 291 Å². The molecule has 6 rings (SSSR count). The van der Waals surface area contributed by atoms with Gasteiger partial charge in [-0.1, -0.05) is 54.4 Å². The van der Waals surface area contributed by atoms with E-state index in [9.17, 15) is 9.59 Å². The summed E-state index contributed by atoms with van der Waals surface area (Å²) < 4.78 is 18.2. The third kappa shape index (κ3) is 8.24. The molecule has 5 aromatic rings. The number of benzene rings is 3. The monoisotopic (exact) mass is 680 g/mol. The van der Waals surface area contributed by atoms with E-state index in [0.717, 1.165) is 39.7 Å². The molecule has 2 amide bonds. The predicted octanol–water partition coefficient (Wildman–Crippen LogP) is 8.05. The van der Waals surface area contributed by atoms with E-state index in [4.69, 9.17) is 25.8 Å². The molecular formula is C39H41ClN4O5. The lowest BCUT2D eigenvalue weighted by Gasteiger charge is -2.35. The molecule has 1 aliphatic heterocycles. The Hall–Kier alpha value is -4.86. The number of pyridine rings is 1. The third-order valence-corrected chi connectivity index (χ3v) is 9.08. The van der Waals surface area contributed by atoms with E-state index in [-0.39, 0.29) is 18.1 Å². The van der Waals surface area contributed by atoms with Gasteiger partial charge in [0.05, 0.1) is 18.8 Å². The number of nitrogens with zero attached hydrogens (tertiary/aromatic N) is 2. The highest BCUT2D eigenvalue weighted by atomic mass is 35.5. The fraction of sp³-hybridized carbons (Fsp3) is 0.308. The zero-order valence-corrected chi connectivity index (χ0v) is 28.7. The molecule has 3 unspecified atom stereocenters. The van der Waals surface area contributed by atoms with E-state index in [1.54, 1.807) is 29.3 Å². The summed E-state index contributed by atoms with van der Waals surface area (Å²) in [5.74, 6) is 0.951. The molecular weight excluding hydrogens is 640 g/mol. The predicted molar refractivity (Wildman–Crippen MR) is 191 cm³/mol. The summed E-state index contributed by atoms with van der Waals surface area (Å²) in [6, 6.07) is 25.9. The lowest BCUT2D eigenvalue weighted by atomic mass is 9.92. The van der Waals surface area contributed by atoms with Crippen LogP contribution in [0.1, 0.15) is 65.6 Å². The van der Waals surface area contributed by atoms with E-state index in [0.29, 0.717) is 54.8 Å². The summed E-state index contributed by atoms with van der Waals surface area (Å²) in [7, 11) is 0. The second-order valence-electron chi connectivity index (χ2n) is 12.3. The maximum absolute atomic E-state index is 13.7. The number of halogens is 1. The zero-order valence-electron chi connectivity index (χ0n) is 27.9. The number of aromatic amines is 1. The van der Waals surface area contributed by atoms with Crippen molar-refractivity contribution in [3.8, 4) is 11.5 Å². The molecule has 9 nitrogen and oxygen atoms in total. The number of rotatable bonds is 12. The van der Waals surface area contributed by atoms with Gasteiger partial charge in [0.15, 0.2) is 0 Å². The van der Waals surface area contributed by atoms with Crippen LogP contribution in [-0.4, -0.2) is 58.8 Å². The summed E-state index contributed by atoms with van der Waals surface area (Å²) in [5.41, 5.74) is 5.43. The Kier molecular flexibility index (Phi) is 10.8. The van der Waals surface area contributed by atoms with Crippen molar-refractivity contribution in [2.24, 2.45) is 0 Å². The lowest BCUT2D eigenvalue weighted by Crippen LogP contribution is -2.42. The van der Waals surface area contributed by atoms with E-state index in [1.807, 2.05) is 80.6 Å². The number of aromatic nitrogens is 2. The highest BCUT2D eigenvalue weighted by molar-refractivity contribution is 6.31. The minimum absolute atomic E-state index is 0.0396. The Balaban J connectivity index is 1.17. The maximum atomic E-state index is 13.7. The largest absolute Gasteiger partial charge is 0.493 e. The van der Waals surface area contributed by atoms with Crippen molar-refractivity contribution in [1.82, 2.24) is 20.2 Å². The number of nitrogens with one attached hydrogen (secondary N) is 2. The van der Waals surface area contributed by atoms with Crippen LogP contribution in [0.5, 0.6) is 11.5 Å². The van der Waals surface area contributed by atoms with E-state index >= 15 is 0 Å². The number of ether oxygens (including phenoxy) is 3. The Morgan fingerprint density at radius 1 is 1.04 bits per heavy atom. The number of hydrogen-bond donors (Lipinski definition) is 2. The van der Waals surface area contributed by atoms with Crippen molar-refractivity contribution >= 4 is 34.5 Å². The highest BCUT2D eigenvalue weighted by Gasteiger charge is 2.36. The Morgan fingerprint density at radius 2 is 1.82 bits per heavy atom. The van der Waals surface area contributed by atoms with Gasteiger partial charge in [-0.3, -0.25) is 14.7 Å². The number of H-pyrrole nitrogens is 1. The topological polar surface area (TPSA) is 106 Å². The van der Waals surface area contributed by atoms with Gasteiger partial charge in [-0.25, -0.2) is 4.79 Å². The normalized spacial score (nSPS) is 15.3. The van der Waals surface area contributed by atoms with Crippen LogP contribution in [0.3, 0.4) is 0 Å². The van der Waals surface area contributed by atoms with E-state index in [1.165, 1.54) is 0 Å². The fourth-order valence-electron chi connectivity index (χ4n) is 6.06. The minimum atomic E-state index is -0.418. The molecule has 0 fully saturated rings. The van der Waals surface area contributed by atoms with Gasteiger partial charge in [0, 0.05) is 47.3 Å². The molecule has 3 atom stereocenters. The molecule has 254 valence electrons. The number of aryl methyl sites for hydroxylation is 1. The summed E-state index contributed by atoms with van der Waals surface area (Å²) in [5, 5.41) is 4.66. The lowest BCUT2D eigenvalue weighted by molar-refractivity contribution is -0.0125. The van der Waals surface area contributed by atoms with Gasteiger partial charge in [-0.05, 0) is 92.4 Å². The zero-order chi connectivity index (χ0) is 34.3. The van der Waals surface area contributed by atoms with Gasteiger partial charge in [0.1, 0.15) is 23.2 Å². The summed E-state index contributed by atoms with van der Waals surface area (Å²) in [4.78, 5) is 35.7. The van der Waals surface area contributed by atoms with E-state index in [2.05, 4.69) is 22.2 Å². The van der Waals surface area contributed by atoms with Crippen molar-refractivity contribution in [2.45, 2.75) is 58.3 Å². The summed E-state index contributed by atoms with van der Waals surface area (Å²) in [6.07, 6.45) is 3.09. The summed E-state index contributed by atoms with van der Waals surface area (Å²) in [6.45, 7) is 7.30. The minimum Gasteiger partial charge on any atom is -0.493 e. The van der Waals surface area contributed by atoms with Gasteiger partial charge in [0.2, 0.25) is 0 Å². The van der Waals surface area contributed by atoms with Crippen molar-refractivity contribution < 1.29 is 23.8 Å². The molecule has 0 saturated heterocycles. The first-order valence-corrected chi connectivity index (χ1v) is 17.1. The number of carbonyl (C=O) groups is 2. The standard InChI is InChI=1S/C39H41ClN4O5/c1-4-26(3)48-31(24-42-38(45)35-7-5-6-20-41-35)19-22-47-29-15-10-27(11-16-29)37-36-32(33-23-28(40)12-17-34(33)43-36)18-21-44(37)39(46)49-30-13-8-25(2)9-14-30/h5-17,20,23,26,31,37,43H,4,18-19,21-22,24H2,1-3H3,(H,42,45). The number of carbonyl (C=O) groups excluding carboxylic acids is 2.